The van der Waals surface area contributed by atoms with Crippen LogP contribution in [0.4, 0.5) is 4.39 Å². The van der Waals surface area contributed by atoms with Crippen LogP contribution in [0.25, 0.3) is 11.0 Å². The molecular weight excluding hydrogens is 331 g/mol. The van der Waals surface area contributed by atoms with Crippen LogP contribution in [0.5, 0.6) is 0 Å². The van der Waals surface area contributed by atoms with Crippen LogP contribution in [0, 0.1) is 24.1 Å². The Kier molecular flexibility index (Phi) is 4.85. The molecule has 0 N–H and O–H groups in total. The molecule has 0 aliphatic carbocycles. The van der Waals surface area contributed by atoms with E-state index < -0.39 is 0 Å². The van der Waals surface area contributed by atoms with E-state index >= 15 is 0 Å². The Balaban J connectivity index is 1.92. The third-order valence-corrected chi connectivity index (χ3v) is 4.19. The predicted octanol–water partition coefficient (Wildman–Crippen LogP) is 4.58. The topological polar surface area (TPSA) is 57.2 Å². The quantitative estimate of drug-likeness (QED) is 0.634. The Hall–Kier alpha value is -3.39. The lowest BCUT2D eigenvalue weighted by atomic mass is 10.1. The Morgan fingerprint density at radius 2 is 2.04 bits per heavy atom. The second kappa shape index (κ2) is 7.24. The number of amides is 1. The molecule has 0 aliphatic rings. The summed E-state index contributed by atoms with van der Waals surface area (Å²) in [5.74, 6) is -0.467. The average Bonchev–Trinajstić information content (AvgIpc) is 2.97. The van der Waals surface area contributed by atoms with Crippen LogP contribution >= 0.6 is 0 Å². The number of nitrogens with zero attached hydrogens (tertiary/aromatic N) is 2. The molecule has 1 heterocycles. The highest BCUT2D eigenvalue weighted by molar-refractivity contribution is 5.99. The number of carbonyl (C=O) groups is 1. The van der Waals surface area contributed by atoms with Crippen LogP contribution in [0.1, 0.15) is 27.2 Å². The normalized spacial score (nSPS) is 10.5. The van der Waals surface area contributed by atoms with E-state index in [1.807, 2.05) is 12.1 Å². The fourth-order valence-corrected chi connectivity index (χ4v) is 2.82. The minimum atomic E-state index is -0.374. The van der Waals surface area contributed by atoms with Gasteiger partial charge in [-0.25, -0.2) is 4.39 Å². The second-order valence-electron chi connectivity index (χ2n) is 5.98. The van der Waals surface area contributed by atoms with Crippen molar-refractivity contribution in [1.82, 2.24) is 4.90 Å². The van der Waals surface area contributed by atoms with Crippen molar-refractivity contribution in [2.24, 2.45) is 0 Å². The standard InChI is InChI=1S/C21H17FN2O2/c1-3-10-24(13-16-6-4-15(12-23)5-7-16)21(25)20-14(2)18-11-17(22)8-9-19(18)26-20/h3-9,11H,1,10,13H2,2H3. The molecule has 2 aromatic carbocycles. The summed E-state index contributed by atoms with van der Waals surface area (Å²) in [4.78, 5) is 14.6. The third kappa shape index (κ3) is 3.35. The molecule has 1 amide bonds. The molecule has 0 saturated carbocycles. The van der Waals surface area contributed by atoms with Gasteiger partial charge in [0.2, 0.25) is 0 Å². The van der Waals surface area contributed by atoms with Crippen molar-refractivity contribution in [1.29, 1.82) is 5.26 Å². The highest BCUT2D eigenvalue weighted by atomic mass is 19.1. The number of rotatable bonds is 5. The maximum Gasteiger partial charge on any atom is 0.290 e. The maximum absolute atomic E-state index is 13.5. The number of fused-ring (bicyclic) bond motifs is 1. The number of hydrogen-bond donors (Lipinski definition) is 0. The summed E-state index contributed by atoms with van der Waals surface area (Å²) in [6.45, 7) is 6.13. The minimum absolute atomic E-state index is 0.195. The molecule has 5 heteroatoms. The zero-order valence-corrected chi connectivity index (χ0v) is 14.3. The summed E-state index contributed by atoms with van der Waals surface area (Å²) in [7, 11) is 0. The van der Waals surface area contributed by atoms with Gasteiger partial charge in [0.25, 0.3) is 5.91 Å². The van der Waals surface area contributed by atoms with Gasteiger partial charge < -0.3 is 9.32 Å². The number of nitriles is 1. The lowest BCUT2D eigenvalue weighted by Gasteiger charge is -2.20. The third-order valence-electron chi connectivity index (χ3n) is 4.19. The summed E-state index contributed by atoms with van der Waals surface area (Å²) in [6.07, 6.45) is 1.64. The van der Waals surface area contributed by atoms with Crippen molar-refractivity contribution in [2.75, 3.05) is 6.54 Å². The molecule has 0 unspecified atom stereocenters. The molecule has 26 heavy (non-hydrogen) atoms. The van der Waals surface area contributed by atoms with E-state index in [0.717, 1.165) is 5.56 Å². The highest BCUT2D eigenvalue weighted by Gasteiger charge is 2.23. The Morgan fingerprint density at radius 3 is 2.69 bits per heavy atom. The van der Waals surface area contributed by atoms with Gasteiger partial charge in [0.05, 0.1) is 11.6 Å². The molecule has 1 aromatic heterocycles. The molecule has 0 fully saturated rings. The molecule has 4 nitrogen and oxygen atoms in total. The SMILES string of the molecule is C=CCN(Cc1ccc(C#N)cc1)C(=O)c1oc2ccc(F)cc2c1C. The van der Waals surface area contributed by atoms with E-state index in [1.165, 1.54) is 18.2 Å². The zero-order valence-electron chi connectivity index (χ0n) is 14.3. The van der Waals surface area contributed by atoms with Crippen LogP contribution in [0.3, 0.4) is 0 Å². The predicted molar refractivity (Wildman–Crippen MR) is 97.0 cm³/mol. The Labute approximate surface area is 150 Å². The summed E-state index contributed by atoms with van der Waals surface area (Å²) < 4.78 is 19.2. The number of hydrogen-bond acceptors (Lipinski definition) is 3. The zero-order chi connectivity index (χ0) is 18.7. The number of carbonyl (C=O) groups excluding carboxylic acids is 1. The summed E-state index contributed by atoms with van der Waals surface area (Å²) in [5.41, 5.74) is 2.53. The van der Waals surface area contributed by atoms with E-state index in [1.54, 1.807) is 30.0 Å². The van der Waals surface area contributed by atoms with Crippen molar-refractivity contribution in [3.05, 3.63) is 83.4 Å². The minimum Gasteiger partial charge on any atom is -0.451 e. The van der Waals surface area contributed by atoms with Crippen LogP contribution < -0.4 is 0 Å². The first-order valence-electron chi connectivity index (χ1n) is 8.11. The van der Waals surface area contributed by atoms with E-state index in [4.69, 9.17) is 9.68 Å². The van der Waals surface area contributed by atoms with Gasteiger partial charge in [0.1, 0.15) is 11.4 Å². The lowest BCUT2D eigenvalue weighted by molar-refractivity contribution is 0.0732. The monoisotopic (exact) mass is 348 g/mol. The van der Waals surface area contributed by atoms with Gasteiger partial charge in [0.15, 0.2) is 5.76 Å². The van der Waals surface area contributed by atoms with Crippen LogP contribution in [0.2, 0.25) is 0 Å². The van der Waals surface area contributed by atoms with Gasteiger partial charge in [0, 0.05) is 24.0 Å². The average molecular weight is 348 g/mol. The van der Waals surface area contributed by atoms with Gasteiger partial charge in [-0.2, -0.15) is 5.26 Å². The molecule has 0 aliphatic heterocycles. The summed E-state index contributed by atoms with van der Waals surface area (Å²) >= 11 is 0. The van der Waals surface area contributed by atoms with Crippen molar-refractivity contribution in [2.45, 2.75) is 13.5 Å². The first kappa shape index (κ1) is 17.4. The molecule has 0 bridgehead atoms. The van der Waals surface area contributed by atoms with Crippen LogP contribution in [0.15, 0.2) is 59.5 Å². The lowest BCUT2D eigenvalue weighted by Crippen LogP contribution is -2.30. The van der Waals surface area contributed by atoms with Crippen LogP contribution in [-0.2, 0) is 6.54 Å². The highest BCUT2D eigenvalue weighted by Crippen LogP contribution is 2.27. The van der Waals surface area contributed by atoms with E-state index in [9.17, 15) is 9.18 Å². The van der Waals surface area contributed by atoms with Crippen molar-refractivity contribution in [3.63, 3.8) is 0 Å². The van der Waals surface area contributed by atoms with Gasteiger partial charge in [-0.05, 0) is 42.8 Å². The van der Waals surface area contributed by atoms with Crippen molar-refractivity contribution in [3.8, 4) is 6.07 Å². The van der Waals surface area contributed by atoms with Gasteiger partial charge in [-0.1, -0.05) is 18.2 Å². The van der Waals surface area contributed by atoms with Crippen molar-refractivity contribution >= 4 is 16.9 Å². The van der Waals surface area contributed by atoms with Crippen LogP contribution in [-0.4, -0.2) is 17.4 Å². The summed E-state index contributed by atoms with van der Waals surface area (Å²) in [5, 5.41) is 9.47. The van der Waals surface area contributed by atoms with Crippen molar-refractivity contribution < 1.29 is 13.6 Å². The number of benzene rings is 2. The first-order chi connectivity index (χ1) is 12.5. The molecule has 3 rings (SSSR count). The maximum atomic E-state index is 13.5. The van der Waals surface area contributed by atoms with Gasteiger partial charge >= 0.3 is 0 Å². The van der Waals surface area contributed by atoms with Gasteiger partial charge in [-0.15, -0.1) is 6.58 Å². The Morgan fingerprint density at radius 1 is 1.31 bits per heavy atom. The largest absolute Gasteiger partial charge is 0.451 e. The fourth-order valence-electron chi connectivity index (χ4n) is 2.82. The molecular formula is C21H17FN2O2. The second-order valence-corrected chi connectivity index (χ2v) is 5.98. The smallest absolute Gasteiger partial charge is 0.290 e. The molecule has 0 spiro atoms. The van der Waals surface area contributed by atoms with E-state index in [0.29, 0.717) is 35.2 Å². The Bertz CT molecular complexity index is 1010. The molecule has 130 valence electrons. The van der Waals surface area contributed by atoms with E-state index in [2.05, 4.69) is 12.6 Å². The summed E-state index contributed by atoms with van der Waals surface area (Å²) in [6, 6.07) is 13.3. The molecule has 3 aromatic rings. The van der Waals surface area contributed by atoms with Gasteiger partial charge in [-0.3, -0.25) is 4.79 Å². The first-order valence-corrected chi connectivity index (χ1v) is 8.11. The molecule has 0 atom stereocenters. The fraction of sp³-hybridized carbons (Fsp3) is 0.143. The number of halogens is 1. The number of furan rings is 1. The molecule has 0 radical (unpaired) electrons. The number of aryl methyl sites for hydroxylation is 1. The molecule has 0 saturated heterocycles. The van der Waals surface area contributed by atoms with E-state index in [-0.39, 0.29) is 17.5 Å².